The minimum Gasteiger partial charge on any atom is -0.376 e. The summed E-state index contributed by atoms with van der Waals surface area (Å²) in [5.74, 6) is 0.229. The molecule has 1 spiro atoms. The Morgan fingerprint density at radius 2 is 1.97 bits per heavy atom. The summed E-state index contributed by atoms with van der Waals surface area (Å²) >= 11 is 2.02. The van der Waals surface area contributed by atoms with E-state index in [9.17, 15) is 8.78 Å². The summed E-state index contributed by atoms with van der Waals surface area (Å²) in [6.07, 6.45) is -1.16. The number of alkyl halides is 2. The first-order valence-corrected chi connectivity index (χ1v) is 16.2. The van der Waals surface area contributed by atoms with Gasteiger partial charge in [0.25, 0.3) is 6.43 Å². The molecule has 12 heteroatoms. The Bertz CT molecular complexity index is 993. The Hall–Kier alpha value is -0.963. The van der Waals surface area contributed by atoms with Crippen LogP contribution >= 0.6 is 22.6 Å². The van der Waals surface area contributed by atoms with Crippen LogP contribution in [0.15, 0.2) is 0 Å². The van der Waals surface area contributed by atoms with Gasteiger partial charge in [-0.15, -0.1) is 0 Å². The van der Waals surface area contributed by atoms with Crippen molar-refractivity contribution in [3.8, 4) is 0 Å². The molecule has 2 aliphatic heterocycles. The molecular weight excluding hydrogens is 561 g/mol. The molecule has 2 fully saturated rings. The maximum absolute atomic E-state index is 14.0. The monoisotopic (exact) mass is 594 g/mol. The van der Waals surface area contributed by atoms with E-state index in [1.807, 2.05) is 34.4 Å². The highest BCUT2D eigenvalue weighted by molar-refractivity contribution is 14.1. The maximum Gasteiger partial charge on any atom is 0.284 e. The smallest absolute Gasteiger partial charge is 0.284 e. The van der Waals surface area contributed by atoms with Crippen LogP contribution in [0, 0.1) is 9.12 Å². The summed E-state index contributed by atoms with van der Waals surface area (Å²) < 4.78 is 41.8. The van der Waals surface area contributed by atoms with E-state index in [2.05, 4.69) is 34.7 Å². The quantitative estimate of drug-likeness (QED) is 0.294. The maximum atomic E-state index is 14.0. The van der Waals surface area contributed by atoms with E-state index in [-0.39, 0.29) is 35.8 Å². The molecule has 2 aliphatic rings. The Morgan fingerprint density at radius 3 is 2.55 bits per heavy atom. The Kier molecular flexibility index (Phi) is 7.31. The molecule has 184 valence electrons. The van der Waals surface area contributed by atoms with Crippen LogP contribution in [-0.2, 0) is 16.2 Å². The molecule has 2 aromatic rings. The number of fused-ring (bicyclic) bond motifs is 1. The van der Waals surface area contributed by atoms with Gasteiger partial charge in [0, 0.05) is 39.2 Å². The van der Waals surface area contributed by atoms with E-state index in [0.29, 0.717) is 41.2 Å². The van der Waals surface area contributed by atoms with Crippen molar-refractivity contribution in [2.24, 2.45) is 11.1 Å². The molecule has 4 heterocycles. The molecule has 0 saturated carbocycles. The Morgan fingerprint density at radius 1 is 1.27 bits per heavy atom. The highest BCUT2D eigenvalue weighted by Crippen LogP contribution is 2.42. The molecular formula is C21H33F2IN6O2Si. The van der Waals surface area contributed by atoms with Gasteiger partial charge in [0.1, 0.15) is 17.9 Å². The van der Waals surface area contributed by atoms with Gasteiger partial charge in [-0.2, -0.15) is 5.10 Å². The zero-order valence-electron chi connectivity index (χ0n) is 19.7. The first kappa shape index (κ1) is 25.1. The Balaban J connectivity index is 1.58. The van der Waals surface area contributed by atoms with E-state index < -0.39 is 14.5 Å². The summed E-state index contributed by atoms with van der Waals surface area (Å²) in [5.41, 5.74) is 6.88. The zero-order valence-corrected chi connectivity index (χ0v) is 22.8. The van der Waals surface area contributed by atoms with Gasteiger partial charge in [0.15, 0.2) is 15.2 Å². The lowest BCUT2D eigenvalue weighted by Gasteiger charge is -2.41. The van der Waals surface area contributed by atoms with Crippen LogP contribution < -0.4 is 10.6 Å². The van der Waals surface area contributed by atoms with Gasteiger partial charge in [0.05, 0.1) is 12.7 Å². The van der Waals surface area contributed by atoms with Crippen LogP contribution in [0.1, 0.15) is 31.9 Å². The summed E-state index contributed by atoms with van der Waals surface area (Å²) in [5, 5.41) is 4.45. The summed E-state index contributed by atoms with van der Waals surface area (Å²) in [7, 11) is -1.21. The average molecular weight is 595 g/mol. The largest absolute Gasteiger partial charge is 0.376 e. The molecule has 2 atom stereocenters. The number of piperidine rings is 1. The van der Waals surface area contributed by atoms with E-state index in [0.717, 1.165) is 18.9 Å². The van der Waals surface area contributed by atoms with Crippen LogP contribution in [0.2, 0.25) is 25.7 Å². The normalized spacial score (nSPS) is 23.4. The zero-order chi connectivity index (χ0) is 24.0. The van der Waals surface area contributed by atoms with Crippen LogP contribution in [0.4, 0.5) is 14.6 Å². The minimum absolute atomic E-state index is 0.0155. The number of aromatic nitrogens is 4. The minimum atomic E-state index is -2.72. The molecule has 8 nitrogen and oxygen atoms in total. The third-order valence-electron chi connectivity index (χ3n) is 6.86. The van der Waals surface area contributed by atoms with Crippen molar-refractivity contribution < 1.29 is 18.3 Å². The fourth-order valence-corrected chi connectivity index (χ4v) is 5.96. The van der Waals surface area contributed by atoms with Crippen molar-refractivity contribution >= 4 is 47.6 Å². The highest BCUT2D eigenvalue weighted by Gasteiger charge is 2.48. The number of anilines is 1. The lowest BCUT2D eigenvalue weighted by atomic mass is 9.73. The number of hydrogen-bond acceptors (Lipinski definition) is 7. The molecule has 0 aliphatic carbocycles. The third-order valence-corrected chi connectivity index (χ3v) is 9.29. The van der Waals surface area contributed by atoms with Crippen LogP contribution in [-0.4, -0.2) is 66.3 Å². The molecule has 0 radical (unpaired) electrons. The van der Waals surface area contributed by atoms with Gasteiger partial charge in [-0.05, 0) is 48.4 Å². The number of hydrogen-bond donors (Lipinski definition) is 1. The molecule has 0 unspecified atom stereocenters. The molecule has 2 N–H and O–H groups in total. The van der Waals surface area contributed by atoms with Crippen molar-refractivity contribution in [2.45, 2.75) is 70.8 Å². The molecule has 0 amide bonds. The van der Waals surface area contributed by atoms with Crippen molar-refractivity contribution in [3.05, 3.63) is 9.39 Å². The van der Waals surface area contributed by atoms with Crippen LogP contribution in [0.25, 0.3) is 11.2 Å². The first-order valence-electron chi connectivity index (χ1n) is 11.4. The van der Waals surface area contributed by atoms with Gasteiger partial charge in [-0.1, -0.05) is 19.6 Å². The standard InChI is InChI=1S/C21H33F2IN6O2Si/c1-13-16(25)21(11-32-13)5-7-29(8-6-21)19-14(17(22)23)26-15-18(24)28-30(20(15)27-19)12-31-9-10-33(2,3)4/h13,16-17H,5-12,25H2,1-4H3/t13-,16+/m0/s1. The van der Waals surface area contributed by atoms with Crippen LogP contribution in [0.3, 0.4) is 0 Å². The summed E-state index contributed by atoms with van der Waals surface area (Å²) in [4.78, 5) is 10.9. The van der Waals surface area contributed by atoms with Crippen molar-refractivity contribution in [1.82, 2.24) is 19.7 Å². The molecule has 2 aromatic heterocycles. The summed E-state index contributed by atoms with van der Waals surface area (Å²) in [6.45, 7) is 11.5. The van der Waals surface area contributed by atoms with Crippen molar-refractivity contribution in [1.29, 1.82) is 0 Å². The third kappa shape index (κ3) is 5.19. The topological polar surface area (TPSA) is 91.3 Å². The second-order valence-electron chi connectivity index (χ2n) is 10.4. The first-order chi connectivity index (χ1) is 15.5. The Labute approximate surface area is 207 Å². The lowest BCUT2D eigenvalue weighted by molar-refractivity contribution is 0.0810. The van der Waals surface area contributed by atoms with Crippen molar-refractivity contribution in [3.63, 3.8) is 0 Å². The molecule has 0 bridgehead atoms. The number of nitrogens with two attached hydrogens (primary N) is 1. The fraction of sp³-hybridized carbons (Fsp3) is 0.762. The average Bonchev–Trinajstić information content (AvgIpc) is 3.21. The van der Waals surface area contributed by atoms with E-state index in [1.54, 1.807) is 4.68 Å². The molecule has 4 rings (SSSR count). The lowest BCUT2D eigenvalue weighted by Crippen LogP contribution is -2.51. The van der Waals surface area contributed by atoms with Crippen LogP contribution in [0.5, 0.6) is 0 Å². The van der Waals surface area contributed by atoms with Gasteiger partial charge < -0.3 is 20.1 Å². The molecule has 0 aromatic carbocycles. The SMILES string of the molecule is C[C@@H]1OCC2(CCN(c3nc4c(nc3C(F)F)c(I)nn4COCC[Si](C)(C)C)CC2)[C@@H]1N. The second kappa shape index (κ2) is 9.59. The van der Waals surface area contributed by atoms with E-state index >= 15 is 0 Å². The highest BCUT2D eigenvalue weighted by atomic mass is 127. The van der Waals surface area contributed by atoms with Gasteiger partial charge in [0.2, 0.25) is 0 Å². The van der Waals surface area contributed by atoms with Gasteiger partial charge >= 0.3 is 0 Å². The predicted molar refractivity (Wildman–Crippen MR) is 134 cm³/mol. The van der Waals surface area contributed by atoms with Gasteiger partial charge in [-0.3, -0.25) is 0 Å². The van der Waals surface area contributed by atoms with E-state index in [4.69, 9.17) is 15.2 Å². The fourth-order valence-electron chi connectivity index (χ4n) is 4.59. The number of ether oxygens (including phenoxy) is 2. The molecule has 2 saturated heterocycles. The second-order valence-corrected chi connectivity index (χ2v) is 17.1. The summed E-state index contributed by atoms with van der Waals surface area (Å²) in [6, 6.07) is 0.995. The van der Waals surface area contributed by atoms with Gasteiger partial charge in [-0.25, -0.2) is 23.4 Å². The number of nitrogens with zero attached hydrogens (tertiary/aromatic N) is 5. The predicted octanol–water partition coefficient (Wildman–Crippen LogP) is 4.01. The van der Waals surface area contributed by atoms with Crippen molar-refractivity contribution in [2.75, 3.05) is 31.2 Å². The molecule has 33 heavy (non-hydrogen) atoms. The number of rotatable bonds is 7. The number of halogens is 3. The van der Waals surface area contributed by atoms with E-state index in [1.165, 1.54) is 0 Å².